The lowest BCUT2D eigenvalue weighted by Gasteiger charge is -2.22. The van der Waals surface area contributed by atoms with Crippen molar-refractivity contribution in [2.24, 2.45) is 0 Å². The van der Waals surface area contributed by atoms with Crippen LogP contribution < -0.4 is 5.73 Å². The van der Waals surface area contributed by atoms with Crippen molar-refractivity contribution < 1.29 is 9.26 Å². The molecule has 0 spiro atoms. The minimum Gasteiger partial charge on any atom is -0.398 e. The van der Waals surface area contributed by atoms with E-state index in [0.29, 0.717) is 17.4 Å². The van der Waals surface area contributed by atoms with Gasteiger partial charge < -0.3 is 15.0 Å². The third-order valence-corrected chi connectivity index (χ3v) is 4.60. The van der Waals surface area contributed by atoms with Gasteiger partial charge in [0, 0.05) is 22.8 Å². The molecular formula is C14H16BrN3O2. The number of anilines is 1. The smallest absolute Gasteiger partial charge is 0.258 e. The maximum absolute atomic E-state index is 5.88. The van der Waals surface area contributed by atoms with Crippen LogP contribution in [0.5, 0.6) is 0 Å². The van der Waals surface area contributed by atoms with Crippen molar-refractivity contribution in [3.8, 4) is 11.5 Å². The maximum atomic E-state index is 5.88. The highest BCUT2D eigenvalue weighted by Crippen LogP contribution is 2.40. The van der Waals surface area contributed by atoms with E-state index < -0.39 is 0 Å². The van der Waals surface area contributed by atoms with Crippen LogP contribution >= 0.6 is 15.9 Å². The number of aromatic nitrogens is 2. The SMILES string of the molecule is COC1(c2noc(-c3ccc(Br)c(N)c3)n2)CCCC1. The Morgan fingerprint density at radius 2 is 2.10 bits per heavy atom. The van der Waals surface area contributed by atoms with E-state index >= 15 is 0 Å². The first-order valence-electron chi connectivity index (χ1n) is 6.59. The summed E-state index contributed by atoms with van der Waals surface area (Å²) in [5.41, 5.74) is 6.95. The molecule has 1 saturated carbocycles. The second-order valence-electron chi connectivity index (χ2n) is 5.06. The van der Waals surface area contributed by atoms with Gasteiger partial charge in [0.25, 0.3) is 5.89 Å². The summed E-state index contributed by atoms with van der Waals surface area (Å²) >= 11 is 3.37. The monoisotopic (exact) mass is 337 g/mol. The fourth-order valence-corrected chi connectivity index (χ4v) is 2.91. The molecule has 3 rings (SSSR count). The molecule has 1 aromatic carbocycles. The molecule has 0 amide bonds. The standard InChI is InChI=1S/C14H16BrN3O2/c1-19-14(6-2-3-7-14)13-17-12(20-18-13)9-4-5-10(15)11(16)8-9/h4-5,8H,2-3,6-7,16H2,1H3. The number of nitrogens with zero attached hydrogens (tertiary/aromatic N) is 2. The van der Waals surface area contributed by atoms with E-state index in [4.69, 9.17) is 15.0 Å². The van der Waals surface area contributed by atoms with Crippen molar-refractivity contribution in [2.45, 2.75) is 31.3 Å². The van der Waals surface area contributed by atoms with Gasteiger partial charge in [-0.15, -0.1) is 0 Å². The number of methoxy groups -OCH3 is 1. The van der Waals surface area contributed by atoms with Gasteiger partial charge in [-0.1, -0.05) is 5.16 Å². The largest absolute Gasteiger partial charge is 0.398 e. The summed E-state index contributed by atoms with van der Waals surface area (Å²) in [5.74, 6) is 1.11. The third-order valence-electron chi connectivity index (χ3n) is 3.88. The molecule has 20 heavy (non-hydrogen) atoms. The van der Waals surface area contributed by atoms with Crippen molar-refractivity contribution in [3.63, 3.8) is 0 Å². The quantitative estimate of drug-likeness (QED) is 0.867. The topological polar surface area (TPSA) is 74.2 Å². The van der Waals surface area contributed by atoms with Gasteiger partial charge in [-0.05, 0) is 59.8 Å². The first-order chi connectivity index (χ1) is 9.64. The van der Waals surface area contributed by atoms with Crippen LogP contribution in [0.25, 0.3) is 11.5 Å². The molecule has 1 heterocycles. The highest BCUT2D eigenvalue weighted by atomic mass is 79.9. The van der Waals surface area contributed by atoms with Gasteiger partial charge in [0.15, 0.2) is 0 Å². The minimum absolute atomic E-state index is 0.386. The number of nitrogen functional groups attached to an aromatic ring is 1. The molecule has 0 radical (unpaired) electrons. The number of halogens is 1. The Kier molecular flexibility index (Phi) is 3.52. The Balaban J connectivity index is 1.95. The van der Waals surface area contributed by atoms with Gasteiger partial charge in [0.1, 0.15) is 5.60 Å². The van der Waals surface area contributed by atoms with Crippen molar-refractivity contribution in [1.29, 1.82) is 0 Å². The van der Waals surface area contributed by atoms with Gasteiger partial charge in [-0.25, -0.2) is 0 Å². The summed E-state index contributed by atoms with van der Waals surface area (Å²) in [6.45, 7) is 0. The van der Waals surface area contributed by atoms with Gasteiger partial charge in [0.2, 0.25) is 5.82 Å². The van der Waals surface area contributed by atoms with E-state index in [0.717, 1.165) is 35.7 Å². The molecule has 0 saturated heterocycles. The highest BCUT2D eigenvalue weighted by molar-refractivity contribution is 9.10. The first kappa shape index (κ1) is 13.6. The molecule has 106 valence electrons. The molecule has 1 aliphatic rings. The fourth-order valence-electron chi connectivity index (χ4n) is 2.67. The summed E-state index contributed by atoms with van der Waals surface area (Å²) < 4.78 is 11.9. The van der Waals surface area contributed by atoms with Crippen molar-refractivity contribution in [3.05, 3.63) is 28.5 Å². The summed E-state index contributed by atoms with van der Waals surface area (Å²) in [6.07, 6.45) is 4.13. The maximum Gasteiger partial charge on any atom is 0.258 e. The molecule has 0 aliphatic heterocycles. The van der Waals surface area contributed by atoms with Crippen LogP contribution in [-0.4, -0.2) is 17.3 Å². The number of benzene rings is 1. The molecule has 0 atom stereocenters. The molecule has 1 fully saturated rings. The lowest BCUT2D eigenvalue weighted by Crippen LogP contribution is -2.25. The highest BCUT2D eigenvalue weighted by Gasteiger charge is 2.40. The Morgan fingerprint density at radius 3 is 2.75 bits per heavy atom. The van der Waals surface area contributed by atoms with Crippen molar-refractivity contribution in [2.75, 3.05) is 12.8 Å². The van der Waals surface area contributed by atoms with Crippen LogP contribution in [0.2, 0.25) is 0 Å². The molecule has 1 aliphatic carbocycles. The first-order valence-corrected chi connectivity index (χ1v) is 7.39. The van der Waals surface area contributed by atoms with Crippen LogP contribution in [0.15, 0.2) is 27.2 Å². The molecule has 5 nitrogen and oxygen atoms in total. The average molecular weight is 338 g/mol. The second kappa shape index (κ2) is 5.18. The summed E-state index contributed by atoms with van der Waals surface area (Å²) in [5, 5.41) is 4.11. The number of hydrogen-bond donors (Lipinski definition) is 1. The zero-order valence-electron chi connectivity index (χ0n) is 11.2. The van der Waals surface area contributed by atoms with Crippen LogP contribution in [0, 0.1) is 0 Å². The number of ether oxygens (including phenoxy) is 1. The van der Waals surface area contributed by atoms with E-state index in [1.165, 1.54) is 0 Å². The van der Waals surface area contributed by atoms with E-state index in [9.17, 15) is 0 Å². The zero-order valence-corrected chi connectivity index (χ0v) is 12.8. The number of nitrogens with two attached hydrogens (primary N) is 1. The van der Waals surface area contributed by atoms with Crippen LogP contribution in [0.3, 0.4) is 0 Å². The lowest BCUT2D eigenvalue weighted by atomic mass is 10.0. The fraction of sp³-hybridized carbons (Fsp3) is 0.429. The van der Waals surface area contributed by atoms with Crippen molar-refractivity contribution in [1.82, 2.24) is 10.1 Å². The second-order valence-corrected chi connectivity index (χ2v) is 5.92. The molecule has 0 bridgehead atoms. The van der Waals surface area contributed by atoms with Crippen LogP contribution in [-0.2, 0) is 10.3 Å². The summed E-state index contributed by atoms with van der Waals surface area (Å²) in [7, 11) is 1.71. The molecule has 2 N–H and O–H groups in total. The Labute approximate surface area is 125 Å². The van der Waals surface area contributed by atoms with Crippen molar-refractivity contribution >= 4 is 21.6 Å². The molecule has 1 aromatic heterocycles. The van der Waals surface area contributed by atoms with Crippen LogP contribution in [0.4, 0.5) is 5.69 Å². The van der Waals surface area contributed by atoms with E-state index in [2.05, 4.69) is 26.1 Å². The predicted octanol–water partition coefficient (Wildman–Crippen LogP) is 3.50. The number of rotatable bonds is 3. The van der Waals surface area contributed by atoms with E-state index in [-0.39, 0.29) is 5.60 Å². The molecule has 2 aromatic rings. The molecule has 0 unspecified atom stereocenters. The summed E-state index contributed by atoms with van der Waals surface area (Å²) in [4.78, 5) is 4.50. The van der Waals surface area contributed by atoms with Gasteiger partial charge in [0.05, 0.1) is 0 Å². The van der Waals surface area contributed by atoms with Crippen LogP contribution in [0.1, 0.15) is 31.5 Å². The predicted molar refractivity (Wildman–Crippen MR) is 79.0 cm³/mol. The normalized spacial score (nSPS) is 17.5. The molecule has 6 heteroatoms. The third kappa shape index (κ3) is 2.23. The van der Waals surface area contributed by atoms with Gasteiger partial charge in [-0.3, -0.25) is 0 Å². The summed E-state index contributed by atoms with van der Waals surface area (Å²) in [6, 6.07) is 5.58. The zero-order chi connectivity index (χ0) is 14.2. The number of hydrogen-bond acceptors (Lipinski definition) is 5. The van der Waals surface area contributed by atoms with Gasteiger partial charge in [-0.2, -0.15) is 4.98 Å². The Morgan fingerprint density at radius 1 is 1.35 bits per heavy atom. The Hall–Kier alpha value is -1.40. The average Bonchev–Trinajstić information content (AvgIpc) is 3.10. The Bertz CT molecular complexity index is 621. The molecular weight excluding hydrogens is 322 g/mol. The minimum atomic E-state index is -0.386. The lowest BCUT2D eigenvalue weighted by molar-refractivity contribution is -0.0178. The van der Waals surface area contributed by atoms with Gasteiger partial charge >= 0.3 is 0 Å². The van der Waals surface area contributed by atoms with E-state index in [1.54, 1.807) is 7.11 Å². The van der Waals surface area contributed by atoms with E-state index in [1.807, 2.05) is 18.2 Å².